The van der Waals surface area contributed by atoms with Gasteiger partial charge in [0.2, 0.25) is 0 Å². The van der Waals surface area contributed by atoms with Crippen molar-refractivity contribution in [1.29, 1.82) is 0 Å². The molecule has 27 heavy (non-hydrogen) atoms. The van der Waals surface area contributed by atoms with Crippen molar-refractivity contribution in [1.82, 2.24) is 10.3 Å². The quantitative estimate of drug-likeness (QED) is 0.650. The number of rotatable bonds is 5. The molecule has 0 saturated heterocycles. The predicted octanol–water partition coefficient (Wildman–Crippen LogP) is 4.48. The van der Waals surface area contributed by atoms with E-state index in [4.69, 9.17) is 0 Å². The Morgan fingerprint density at radius 3 is 2.56 bits per heavy atom. The van der Waals surface area contributed by atoms with Gasteiger partial charge >= 0.3 is 0 Å². The molecule has 0 atom stereocenters. The minimum absolute atomic E-state index is 0.190. The summed E-state index contributed by atoms with van der Waals surface area (Å²) >= 11 is 0. The molecular weight excluding hydrogens is 355 g/mol. The van der Waals surface area contributed by atoms with Gasteiger partial charge in [0.05, 0.1) is 11.3 Å². The molecule has 0 fully saturated rings. The fraction of sp³-hybridized carbons (Fsp3) is 0.100. The maximum absolute atomic E-state index is 13.7. The fourth-order valence-corrected chi connectivity index (χ4v) is 2.47. The summed E-state index contributed by atoms with van der Waals surface area (Å²) in [7, 11) is 0. The molecule has 0 spiro atoms. The maximum atomic E-state index is 13.7. The molecule has 0 saturated carbocycles. The van der Waals surface area contributed by atoms with Gasteiger partial charge in [-0.25, -0.2) is 18.2 Å². The zero-order valence-electron chi connectivity index (χ0n) is 14.4. The summed E-state index contributed by atoms with van der Waals surface area (Å²) in [6.07, 6.45) is 1.31. The van der Waals surface area contributed by atoms with E-state index in [2.05, 4.69) is 15.6 Å². The number of benzene rings is 2. The third-order valence-electron chi connectivity index (χ3n) is 3.86. The van der Waals surface area contributed by atoms with Crippen LogP contribution in [0.5, 0.6) is 0 Å². The van der Waals surface area contributed by atoms with Gasteiger partial charge in [-0.1, -0.05) is 29.8 Å². The van der Waals surface area contributed by atoms with E-state index in [0.29, 0.717) is 12.1 Å². The van der Waals surface area contributed by atoms with E-state index >= 15 is 0 Å². The Morgan fingerprint density at radius 2 is 1.85 bits per heavy atom. The fourth-order valence-electron chi connectivity index (χ4n) is 2.47. The molecule has 4 nitrogen and oxygen atoms in total. The Bertz CT molecular complexity index is 975. The van der Waals surface area contributed by atoms with Crippen LogP contribution in [0.4, 0.5) is 24.7 Å². The second kappa shape index (κ2) is 7.90. The Hall–Kier alpha value is -3.35. The van der Waals surface area contributed by atoms with Crippen molar-refractivity contribution in [3.63, 3.8) is 0 Å². The van der Waals surface area contributed by atoms with E-state index in [1.807, 2.05) is 31.2 Å². The molecule has 0 radical (unpaired) electrons. The van der Waals surface area contributed by atoms with Gasteiger partial charge in [-0.05, 0) is 36.8 Å². The SMILES string of the molecule is Cc1cccc(CNC(=O)c2ccc(Nc3ccc(F)c(F)c3F)nc2)c1. The normalized spacial score (nSPS) is 10.5. The number of pyridine rings is 1. The predicted molar refractivity (Wildman–Crippen MR) is 96.2 cm³/mol. The van der Waals surface area contributed by atoms with Gasteiger partial charge in [0.25, 0.3) is 5.91 Å². The summed E-state index contributed by atoms with van der Waals surface area (Å²) < 4.78 is 39.9. The first kappa shape index (κ1) is 18.4. The Morgan fingerprint density at radius 1 is 1.04 bits per heavy atom. The molecule has 0 bridgehead atoms. The molecule has 0 aliphatic rings. The van der Waals surface area contributed by atoms with Gasteiger partial charge in [-0.15, -0.1) is 0 Å². The van der Waals surface area contributed by atoms with Crippen LogP contribution in [-0.2, 0) is 6.54 Å². The maximum Gasteiger partial charge on any atom is 0.253 e. The molecule has 0 unspecified atom stereocenters. The van der Waals surface area contributed by atoms with Gasteiger partial charge in [0, 0.05) is 12.7 Å². The highest BCUT2D eigenvalue weighted by atomic mass is 19.2. The number of nitrogens with zero attached hydrogens (tertiary/aromatic N) is 1. The molecule has 0 aliphatic carbocycles. The second-order valence-electron chi connectivity index (χ2n) is 5.95. The largest absolute Gasteiger partial charge is 0.348 e. The first-order chi connectivity index (χ1) is 12.9. The van der Waals surface area contributed by atoms with Crippen LogP contribution in [-0.4, -0.2) is 10.9 Å². The number of carbonyl (C=O) groups excluding carboxylic acids is 1. The molecule has 7 heteroatoms. The summed E-state index contributed by atoms with van der Waals surface area (Å²) in [6, 6.07) is 12.6. The summed E-state index contributed by atoms with van der Waals surface area (Å²) in [5.41, 5.74) is 2.14. The first-order valence-electron chi connectivity index (χ1n) is 8.14. The molecule has 1 heterocycles. The number of anilines is 2. The lowest BCUT2D eigenvalue weighted by molar-refractivity contribution is 0.0950. The summed E-state index contributed by atoms with van der Waals surface area (Å²) in [5, 5.41) is 5.33. The van der Waals surface area contributed by atoms with Crippen molar-refractivity contribution in [3.05, 3.63) is 88.9 Å². The lowest BCUT2D eigenvalue weighted by Crippen LogP contribution is -2.22. The van der Waals surface area contributed by atoms with E-state index < -0.39 is 17.5 Å². The van der Waals surface area contributed by atoms with Gasteiger partial charge < -0.3 is 10.6 Å². The number of hydrogen-bond acceptors (Lipinski definition) is 3. The number of aromatic nitrogens is 1. The summed E-state index contributed by atoms with van der Waals surface area (Å²) in [5.74, 6) is -4.29. The van der Waals surface area contributed by atoms with Crippen LogP contribution in [0.15, 0.2) is 54.7 Å². The smallest absolute Gasteiger partial charge is 0.253 e. The second-order valence-corrected chi connectivity index (χ2v) is 5.95. The third-order valence-corrected chi connectivity index (χ3v) is 3.86. The lowest BCUT2D eigenvalue weighted by atomic mass is 10.1. The first-order valence-corrected chi connectivity index (χ1v) is 8.14. The van der Waals surface area contributed by atoms with Crippen LogP contribution in [0.1, 0.15) is 21.5 Å². The van der Waals surface area contributed by atoms with Crippen molar-refractivity contribution < 1.29 is 18.0 Å². The van der Waals surface area contributed by atoms with Gasteiger partial charge in [0.1, 0.15) is 5.82 Å². The molecule has 1 aromatic heterocycles. The summed E-state index contributed by atoms with van der Waals surface area (Å²) in [6.45, 7) is 2.34. The van der Waals surface area contributed by atoms with Crippen LogP contribution in [0.2, 0.25) is 0 Å². The van der Waals surface area contributed by atoms with E-state index in [1.165, 1.54) is 18.3 Å². The number of nitrogens with one attached hydrogen (secondary N) is 2. The molecule has 1 amide bonds. The zero-order valence-corrected chi connectivity index (χ0v) is 14.4. The average molecular weight is 371 g/mol. The van der Waals surface area contributed by atoms with E-state index in [1.54, 1.807) is 0 Å². The Labute approximate surface area is 154 Å². The number of hydrogen-bond donors (Lipinski definition) is 2. The van der Waals surface area contributed by atoms with Crippen LogP contribution in [0.25, 0.3) is 0 Å². The zero-order chi connectivity index (χ0) is 19.4. The minimum atomic E-state index is -1.56. The van der Waals surface area contributed by atoms with Crippen molar-refractivity contribution in [3.8, 4) is 0 Å². The van der Waals surface area contributed by atoms with E-state index in [0.717, 1.165) is 23.3 Å². The molecule has 2 N–H and O–H groups in total. The van der Waals surface area contributed by atoms with E-state index in [9.17, 15) is 18.0 Å². The van der Waals surface area contributed by atoms with E-state index in [-0.39, 0.29) is 17.4 Å². The number of aryl methyl sites for hydroxylation is 1. The van der Waals surface area contributed by atoms with Crippen LogP contribution >= 0.6 is 0 Å². The average Bonchev–Trinajstić information content (AvgIpc) is 2.67. The standard InChI is InChI=1S/C20H16F3N3O/c1-12-3-2-4-13(9-12)10-25-20(27)14-5-8-17(24-11-14)26-16-7-6-15(21)18(22)19(16)23/h2-9,11H,10H2,1H3,(H,24,26)(H,25,27). The van der Waals surface area contributed by atoms with Gasteiger partial charge in [-0.3, -0.25) is 4.79 Å². The van der Waals surface area contributed by atoms with Crippen molar-refractivity contribution in [2.24, 2.45) is 0 Å². The van der Waals surface area contributed by atoms with Crippen molar-refractivity contribution in [2.75, 3.05) is 5.32 Å². The molecule has 2 aromatic carbocycles. The third kappa shape index (κ3) is 4.44. The minimum Gasteiger partial charge on any atom is -0.348 e. The van der Waals surface area contributed by atoms with Crippen molar-refractivity contribution in [2.45, 2.75) is 13.5 Å². The molecule has 138 valence electrons. The molecule has 3 rings (SSSR count). The van der Waals surface area contributed by atoms with Gasteiger partial charge in [-0.2, -0.15) is 0 Å². The highest BCUT2D eigenvalue weighted by Crippen LogP contribution is 2.22. The highest BCUT2D eigenvalue weighted by Gasteiger charge is 2.14. The topological polar surface area (TPSA) is 54.0 Å². The number of halogens is 3. The van der Waals surface area contributed by atoms with Crippen LogP contribution < -0.4 is 10.6 Å². The van der Waals surface area contributed by atoms with Crippen LogP contribution in [0, 0.1) is 24.4 Å². The molecule has 3 aromatic rings. The Kier molecular flexibility index (Phi) is 5.40. The summed E-state index contributed by atoms with van der Waals surface area (Å²) in [4.78, 5) is 16.2. The Balaban J connectivity index is 1.64. The van der Waals surface area contributed by atoms with Gasteiger partial charge in [0.15, 0.2) is 17.5 Å². The molecule has 0 aliphatic heterocycles. The molecular formula is C20H16F3N3O. The van der Waals surface area contributed by atoms with Crippen LogP contribution in [0.3, 0.4) is 0 Å². The number of carbonyl (C=O) groups is 1. The number of amides is 1. The lowest BCUT2D eigenvalue weighted by Gasteiger charge is -2.09. The monoisotopic (exact) mass is 371 g/mol. The highest BCUT2D eigenvalue weighted by molar-refractivity contribution is 5.94. The van der Waals surface area contributed by atoms with Crippen molar-refractivity contribution >= 4 is 17.4 Å².